The van der Waals surface area contributed by atoms with Gasteiger partial charge in [-0.25, -0.2) is 0 Å². The number of halogens is 9. The van der Waals surface area contributed by atoms with E-state index in [2.05, 4.69) is 10.3 Å². The predicted molar refractivity (Wildman–Crippen MR) is 208 cm³/mol. The van der Waals surface area contributed by atoms with Gasteiger partial charge in [0.1, 0.15) is 5.75 Å². The molecule has 17 heteroatoms. The molecule has 2 aliphatic rings. The van der Waals surface area contributed by atoms with Gasteiger partial charge in [-0.1, -0.05) is 18.2 Å². The number of hydrogen-bond donors (Lipinski definition) is 2. The van der Waals surface area contributed by atoms with Crippen molar-refractivity contribution >= 4 is 28.7 Å². The van der Waals surface area contributed by atoms with Crippen molar-refractivity contribution in [3.8, 4) is 22.6 Å². The summed E-state index contributed by atoms with van der Waals surface area (Å²) in [7, 11) is 0. The van der Waals surface area contributed by atoms with Crippen molar-refractivity contribution in [1.82, 2.24) is 4.98 Å². The second kappa shape index (κ2) is 16.9. The number of nitrogens with one attached hydrogen (secondary N) is 1. The van der Waals surface area contributed by atoms with Crippen LogP contribution in [0, 0.1) is 5.92 Å². The molecule has 0 atom stereocenters. The molecule has 4 aromatic carbocycles. The summed E-state index contributed by atoms with van der Waals surface area (Å²) in [5, 5.41) is 12.4. The highest BCUT2D eigenvalue weighted by Crippen LogP contribution is 2.45. The van der Waals surface area contributed by atoms with Crippen LogP contribution in [0.5, 0.6) is 11.5 Å². The Morgan fingerprint density at radius 2 is 1.27 bits per heavy atom. The Hall–Kier alpha value is -6.13. The summed E-state index contributed by atoms with van der Waals surface area (Å²) in [5.41, 5.74) is -0.860. The highest BCUT2D eigenvalue weighted by atomic mass is 19.4. The van der Waals surface area contributed by atoms with Crippen LogP contribution in [0.15, 0.2) is 103 Å². The Labute approximate surface area is 338 Å². The first-order valence-electron chi connectivity index (χ1n) is 19.0. The van der Waals surface area contributed by atoms with Gasteiger partial charge in [-0.3, -0.25) is 9.78 Å². The number of anilines is 4. The first kappa shape index (κ1) is 42.0. The molecule has 0 bridgehead atoms. The van der Waals surface area contributed by atoms with Gasteiger partial charge in [0, 0.05) is 75.6 Å². The zero-order chi connectivity index (χ0) is 42.8. The molecule has 0 unspecified atom stereocenters. The Morgan fingerprint density at radius 1 is 0.667 bits per heavy atom. The average molecular weight is 844 g/mol. The molecule has 0 radical (unpaired) electrons. The fourth-order valence-corrected chi connectivity index (χ4v) is 7.52. The number of pyridine rings is 1. The second-order valence-electron chi connectivity index (χ2n) is 14.5. The first-order chi connectivity index (χ1) is 28.4. The van der Waals surface area contributed by atoms with Crippen molar-refractivity contribution < 1.29 is 54.2 Å². The molecule has 0 saturated carbocycles. The number of piperazine rings is 1. The number of carbonyl (C=O) groups is 1. The standard InChI is InChI=1S/C43H38F9N5O3/c44-41(45,46)31-2-1-3-33(23-31)55-18-20-57(21-19-55)38-25-39(60-34-7-4-27(5-8-34)28-10-14-53-15-11-28)36(24-35(38)43(50,51)52)54-26-30-22-32(42(47,48)49)6-9-37(30)56-16-12-29(13-17-56)40(58)59/h1-11,14-15,22-25,29,54H,12-13,16-21,26H2,(H,58,59). The fraction of sp³-hybridized carbons (Fsp3) is 0.302. The van der Waals surface area contributed by atoms with E-state index in [9.17, 15) is 49.4 Å². The van der Waals surface area contributed by atoms with Gasteiger partial charge in [0.25, 0.3) is 0 Å². The van der Waals surface area contributed by atoms with Crippen molar-refractivity contribution in [3.63, 3.8) is 0 Å². The van der Waals surface area contributed by atoms with Gasteiger partial charge < -0.3 is 29.9 Å². The number of nitrogens with zero attached hydrogens (tertiary/aromatic N) is 4. The topological polar surface area (TPSA) is 81.2 Å². The third-order valence-corrected chi connectivity index (χ3v) is 10.7. The summed E-state index contributed by atoms with van der Waals surface area (Å²) in [6.45, 7) is 0.360. The van der Waals surface area contributed by atoms with Gasteiger partial charge in [-0.05, 0) is 96.3 Å². The highest BCUT2D eigenvalue weighted by molar-refractivity contribution is 5.73. The number of hydrogen-bond acceptors (Lipinski definition) is 7. The molecule has 60 heavy (non-hydrogen) atoms. The Balaban J connectivity index is 1.23. The van der Waals surface area contributed by atoms with E-state index < -0.39 is 47.1 Å². The van der Waals surface area contributed by atoms with Crippen LogP contribution >= 0.6 is 0 Å². The lowest BCUT2D eigenvalue weighted by molar-refractivity contribution is -0.142. The number of rotatable bonds is 10. The van der Waals surface area contributed by atoms with Crippen LogP contribution in [0.3, 0.4) is 0 Å². The molecule has 2 saturated heterocycles. The van der Waals surface area contributed by atoms with Gasteiger partial charge >= 0.3 is 24.5 Å². The van der Waals surface area contributed by atoms with E-state index in [-0.39, 0.29) is 92.8 Å². The van der Waals surface area contributed by atoms with E-state index >= 15 is 0 Å². The molecule has 2 aliphatic heterocycles. The van der Waals surface area contributed by atoms with E-state index in [0.29, 0.717) is 5.69 Å². The van der Waals surface area contributed by atoms with Gasteiger partial charge in [0.05, 0.1) is 34.0 Å². The number of alkyl halides is 9. The summed E-state index contributed by atoms with van der Waals surface area (Å²) in [4.78, 5) is 20.5. The summed E-state index contributed by atoms with van der Waals surface area (Å²) >= 11 is 0. The van der Waals surface area contributed by atoms with Gasteiger partial charge in [0.2, 0.25) is 0 Å². The van der Waals surface area contributed by atoms with Crippen LogP contribution < -0.4 is 24.8 Å². The Bertz CT molecular complexity index is 2290. The molecule has 3 heterocycles. The van der Waals surface area contributed by atoms with E-state index in [4.69, 9.17) is 4.74 Å². The highest BCUT2D eigenvalue weighted by Gasteiger charge is 2.38. The fourth-order valence-electron chi connectivity index (χ4n) is 7.52. The number of aromatic nitrogens is 1. The van der Waals surface area contributed by atoms with Gasteiger partial charge in [-0.15, -0.1) is 0 Å². The average Bonchev–Trinajstić information content (AvgIpc) is 3.22. The summed E-state index contributed by atoms with van der Waals surface area (Å²) in [5.74, 6) is -1.40. The summed E-state index contributed by atoms with van der Waals surface area (Å²) in [6.07, 6.45) is -10.5. The zero-order valence-corrected chi connectivity index (χ0v) is 31.7. The van der Waals surface area contributed by atoms with Crippen molar-refractivity contribution in [2.24, 2.45) is 5.92 Å². The molecule has 0 spiro atoms. The Morgan fingerprint density at radius 3 is 1.88 bits per heavy atom. The molecule has 316 valence electrons. The molecule has 2 N–H and O–H groups in total. The molecule has 0 aliphatic carbocycles. The maximum absolute atomic E-state index is 15.0. The maximum Gasteiger partial charge on any atom is 0.418 e. The second-order valence-corrected chi connectivity index (χ2v) is 14.5. The van der Waals surface area contributed by atoms with Crippen molar-refractivity contribution in [2.75, 3.05) is 59.3 Å². The number of piperidine rings is 1. The minimum Gasteiger partial charge on any atom is -0.481 e. The van der Waals surface area contributed by atoms with Gasteiger partial charge in [-0.2, -0.15) is 39.5 Å². The van der Waals surface area contributed by atoms with E-state index in [0.717, 1.165) is 41.5 Å². The number of carboxylic acids is 1. The molecule has 2 fully saturated rings. The quantitative estimate of drug-likeness (QED) is 0.135. The monoisotopic (exact) mass is 843 g/mol. The van der Waals surface area contributed by atoms with Crippen LogP contribution in [0.1, 0.15) is 35.1 Å². The lowest BCUT2D eigenvalue weighted by Crippen LogP contribution is -2.47. The molecular formula is C43H38F9N5O3. The number of ether oxygens (including phenoxy) is 1. The zero-order valence-electron chi connectivity index (χ0n) is 31.7. The normalized spacial score (nSPS) is 15.6. The number of aliphatic carboxylic acids is 1. The molecule has 1 aromatic heterocycles. The molecule has 5 aromatic rings. The lowest BCUT2D eigenvalue weighted by Gasteiger charge is -2.38. The molecule has 0 amide bonds. The van der Waals surface area contributed by atoms with Crippen molar-refractivity contribution in [3.05, 3.63) is 126 Å². The summed E-state index contributed by atoms with van der Waals surface area (Å²) in [6, 6.07) is 20.2. The number of benzene rings is 4. The number of carboxylic acid groups (broad SMARTS) is 1. The van der Waals surface area contributed by atoms with Crippen molar-refractivity contribution in [1.29, 1.82) is 0 Å². The third kappa shape index (κ3) is 9.66. The van der Waals surface area contributed by atoms with Crippen LogP contribution in [0.4, 0.5) is 62.3 Å². The van der Waals surface area contributed by atoms with Crippen LogP contribution in [-0.2, 0) is 29.9 Å². The van der Waals surface area contributed by atoms with Crippen LogP contribution in [0.2, 0.25) is 0 Å². The molecular weight excluding hydrogens is 805 g/mol. The van der Waals surface area contributed by atoms with Crippen molar-refractivity contribution in [2.45, 2.75) is 37.9 Å². The summed E-state index contributed by atoms with van der Waals surface area (Å²) < 4.78 is 133. The Kier molecular flexibility index (Phi) is 11.8. The molecule has 7 rings (SSSR count). The lowest BCUT2D eigenvalue weighted by atomic mass is 9.95. The third-order valence-electron chi connectivity index (χ3n) is 10.7. The SMILES string of the molecule is O=C(O)C1CCN(c2ccc(C(F)(F)F)cc2CNc2cc(C(F)(F)F)c(N3CCN(c4cccc(C(F)(F)F)c4)CC3)cc2Oc2ccc(-c3ccncc3)cc2)CC1. The van der Waals surface area contributed by atoms with Gasteiger partial charge in [0.15, 0.2) is 5.75 Å². The predicted octanol–water partition coefficient (Wildman–Crippen LogP) is 10.8. The maximum atomic E-state index is 15.0. The van der Waals surface area contributed by atoms with E-state index in [1.54, 1.807) is 58.6 Å². The molecule has 8 nitrogen and oxygen atoms in total. The minimum absolute atomic E-state index is 0.0122. The van der Waals surface area contributed by atoms with E-state index in [1.165, 1.54) is 29.2 Å². The smallest absolute Gasteiger partial charge is 0.418 e. The van der Waals surface area contributed by atoms with E-state index in [1.807, 2.05) is 0 Å². The minimum atomic E-state index is -4.91. The van der Waals surface area contributed by atoms with Crippen LogP contribution in [-0.4, -0.2) is 55.3 Å². The van der Waals surface area contributed by atoms with Crippen LogP contribution in [0.25, 0.3) is 11.1 Å². The first-order valence-corrected chi connectivity index (χ1v) is 19.0. The largest absolute Gasteiger partial charge is 0.481 e.